The highest BCUT2D eigenvalue weighted by atomic mass is 13.9. The van der Waals surface area contributed by atoms with Crippen LogP contribution in [0.15, 0.2) is 49.6 Å². The van der Waals surface area contributed by atoms with Crippen molar-refractivity contribution in [1.82, 2.24) is 0 Å². The third kappa shape index (κ3) is 15.0. The molecular weight excluding hydrogens is 216 g/mol. The summed E-state index contributed by atoms with van der Waals surface area (Å²) in [6, 6.07) is 0. The zero-order chi connectivity index (χ0) is 13.3. The van der Waals surface area contributed by atoms with E-state index >= 15 is 0 Å². The van der Waals surface area contributed by atoms with Gasteiger partial charge in [-0.15, -0.1) is 13.2 Å². The first-order valence-electron chi connectivity index (χ1n) is 7.43. The van der Waals surface area contributed by atoms with Gasteiger partial charge in [0.25, 0.3) is 0 Å². The fourth-order valence-corrected chi connectivity index (χ4v) is 1.76. The molecule has 0 aromatic rings. The SMILES string of the molecule is C=CCCC/C=C/CCC/C=C/CCCCC=C. The lowest BCUT2D eigenvalue weighted by Crippen LogP contribution is -1.73. The van der Waals surface area contributed by atoms with Crippen LogP contribution in [0.25, 0.3) is 0 Å². The summed E-state index contributed by atoms with van der Waals surface area (Å²) in [5.74, 6) is 0. The first-order valence-corrected chi connectivity index (χ1v) is 7.43. The van der Waals surface area contributed by atoms with Crippen LogP contribution in [-0.4, -0.2) is 0 Å². The summed E-state index contributed by atoms with van der Waals surface area (Å²) in [5.41, 5.74) is 0. The van der Waals surface area contributed by atoms with Crippen LogP contribution in [0.1, 0.15) is 64.2 Å². The maximum absolute atomic E-state index is 3.73. The summed E-state index contributed by atoms with van der Waals surface area (Å²) < 4.78 is 0. The van der Waals surface area contributed by atoms with Gasteiger partial charge in [-0.1, -0.05) is 36.5 Å². The third-order valence-electron chi connectivity index (χ3n) is 2.88. The smallest absolute Gasteiger partial charge is 0.0348 e. The highest BCUT2D eigenvalue weighted by molar-refractivity contribution is 4.86. The molecule has 102 valence electrons. The Balaban J connectivity index is 3.16. The monoisotopic (exact) mass is 246 g/mol. The van der Waals surface area contributed by atoms with E-state index in [1.165, 1.54) is 51.4 Å². The van der Waals surface area contributed by atoms with Gasteiger partial charge in [-0.25, -0.2) is 0 Å². The lowest BCUT2D eigenvalue weighted by molar-refractivity contribution is 0.759. The van der Waals surface area contributed by atoms with Crippen molar-refractivity contribution in [2.24, 2.45) is 0 Å². The van der Waals surface area contributed by atoms with E-state index in [4.69, 9.17) is 0 Å². The second-order valence-corrected chi connectivity index (χ2v) is 4.67. The van der Waals surface area contributed by atoms with E-state index in [9.17, 15) is 0 Å². The Hall–Kier alpha value is -1.04. The Labute approximate surface area is 114 Å². The minimum Gasteiger partial charge on any atom is -0.103 e. The first-order chi connectivity index (χ1) is 8.91. The average Bonchev–Trinajstić information content (AvgIpc) is 2.39. The van der Waals surface area contributed by atoms with E-state index in [1.54, 1.807) is 0 Å². The summed E-state index contributed by atoms with van der Waals surface area (Å²) in [6.45, 7) is 7.45. The molecule has 0 nitrogen and oxygen atoms in total. The van der Waals surface area contributed by atoms with Gasteiger partial charge in [0, 0.05) is 0 Å². The van der Waals surface area contributed by atoms with Crippen molar-refractivity contribution in [1.29, 1.82) is 0 Å². The largest absolute Gasteiger partial charge is 0.103 e. The molecule has 0 amide bonds. The van der Waals surface area contributed by atoms with E-state index < -0.39 is 0 Å². The number of allylic oxidation sites excluding steroid dienone is 6. The molecule has 0 radical (unpaired) electrons. The number of rotatable bonds is 13. The van der Waals surface area contributed by atoms with Crippen molar-refractivity contribution in [3.05, 3.63) is 49.6 Å². The summed E-state index contributed by atoms with van der Waals surface area (Å²) in [7, 11) is 0. The molecule has 0 aromatic heterocycles. The van der Waals surface area contributed by atoms with Crippen LogP contribution in [0.5, 0.6) is 0 Å². The summed E-state index contributed by atoms with van der Waals surface area (Å²) in [5, 5.41) is 0. The quantitative estimate of drug-likeness (QED) is 0.261. The molecule has 0 bridgehead atoms. The van der Waals surface area contributed by atoms with Gasteiger partial charge in [-0.2, -0.15) is 0 Å². The maximum atomic E-state index is 3.73. The lowest BCUT2D eigenvalue weighted by Gasteiger charge is -1.93. The maximum Gasteiger partial charge on any atom is -0.0348 e. The van der Waals surface area contributed by atoms with Crippen molar-refractivity contribution in [3.63, 3.8) is 0 Å². The highest BCUT2D eigenvalue weighted by Gasteiger charge is 1.84. The molecule has 0 saturated carbocycles. The van der Waals surface area contributed by atoms with Crippen molar-refractivity contribution in [2.45, 2.75) is 64.2 Å². The molecule has 0 atom stereocenters. The van der Waals surface area contributed by atoms with Gasteiger partial charge in [0.1, 0.15) is 0 Å². The van der Waals surface area contributed by atoms with Gasteiger partial charge in [0.05, 0.1) is 0 Å². The van der Waals surface area contributed by atoms with Crippen LogP contribution >= 0.6 is 0 Å². The van der Waals surface area contributed by atoms with Gasteiger partial charge in [-0.05, 0) is 64.2 Å². The summed E-state index contributed by atoms with van der Waals surface area (Å²) in [4.78, 5) is 0. The molecule has 0 spiro atoms. The molecule has 0 aromatic carbocycles. The Morgan fingerprint density at radius 3 is 1.28 bits per heavy atom. The first kappa shape index (κ1) is 17.0. The zero-order valence-electron chi connectivity index (χ0n) is 11.9. The zero-order valence-corrected chi connectivity index (χ0v) is 11.9. The van der Waals surface area contributed by atoms with Crippen molar-refractivity contribution >= 4 is 0 Å². The predicted molar refractivity (Wildman–Crippen MR) is 84.8 cm³/mol. The molecule has 0 aliphatic rings. The topological polar surface area (TPSA) is 0 Å². The van der Waals surface area contributed by atoms with Crippen molar-refractivity contribution in [2.75, 3.05) is 0 Å². The van der Waals surface area contributed by atoms with Crippen molar-refractivity contribution in [3.8, 4) is 0 Å². The molecular formula is C18H30. The molecule has 0 aliphatic carbocycles. The van der Waals surface area contributed by atoms with Gasteiger partial charge >= 0.3 is 0 Å². The fourth-order valence-electron chi connectivity index (χ4n) is 1.76. The fraction of sp³-hybridized carbons (Fsp3) is 0.556. The second-order valence-electron chi connectivity index (χ2n) is 4.67. The normalized spacial score (nSPS) is 11.3. The van der Waals surface area contributed by atoms with Crippen LogP contribution < -0.4 is 0 Å². The van der Waals surface area contributed by atoms with Crippen LogP contribution in [0.2, 0.25) is 0 Å². The minimum absolute atomic E-state index is 1.14. The van der Waals surface area contributed by atoms with Gasteiger partial charge < -0.3 is 0 Å². The third-order valence-corrected chi connectivity index (χ3v) is 2.88. The summed E-state index contributed by atoms with van der Waals surface area (Å²) >= 11 is 0. The second kappa shape index (κ2) is 16.0. The highest BCUT2D eigenvalue weighted by Crippen LogP contribution is 2.04. The number of hydrogen-bond donors (Lipinski definition) is 0. The Kier molecular flexibility index (Phi) is 15.0. The van der Waals surface area contributed by atoms with Crippen molar-refractivity contribution < 1.29 is 0 Å². The molecule has 0 N–H and O–H groups in total. The molecule has 0 heterocycles. The molecule has 0 heteroatoms. The summed E-state index contributed by atoms with van der Waals surface area (Å²) in [6.07, 6.45) is 25.5. The van der Waals surface area contributed by atoms with E-state index in [-0.39, 0.29) is 0 Å². The Bertz CT molecular complexity index is 232. The van der Waals surface area contributed by atoms with Crippen LogP contribution in [0.3, 0.4) is 0 Å². The predicted octanol–water partition coefficient (Wildman–Crippen LogP) is 6.37. The van der Waals surface area contributed by atoms with Crippen LogP contribution in [-0.2, 0) is 0 Å². The number of hydrogen-bond acceptors (Lipinski definition) is 0. The van der Waals surface area contributed by atoms with E-state index in [1.807, 2.05) is 12.2 Å². The number of unbranched alkanes of at least 4 members (excludes halogenated alkanes) is 7. The molecule has 0 fully saturated rings. The Morgan fingerprint density at radius 2 is 0.778 bits per heavy atom. The lowest BCUT2D eigenvalue weighted by atomic mass is 10.1. The van der Waals surface area contributed by atoms with E-state index in [2.05, 4.69) is 37.5 Å². The standard InChI is InChI=1S/C18H30/c1-3-5-7-9-11-13-15-17-18-16-14-12-10-8-6-4-2/h3-4,11,13-14,16H,1-2,5-10,12,15,17-18H2/b13-11+,16-14+. The van der Waals surface area contributed by atoms with Gasteiger partial charge in [0.2, 0.25) is 0 Å². The molecule has 0 aliphatic heterocycles. The Morgan fingerprint density at radius 1 is 0.444 bits per heavy atom. The van der Waals surface area contributed by atoms with Gasteiger partial charge in [-0.3, -0.25) is 0 Å². The molecule has 0 saturated heterocycles. The average molecular weight is 246 g/mol. The van der Waals surface area contributed by atoms with Gasteiger partial charge in [0.15, 0.2) is 0 Å². The molecule has 18 heavy (non-hydrogen) atoms. The van der Waals surface area contributed by atoms with Crippen LogP contribution in [0.4, 0.5) is 0 Å². The van der Waals surface area contributed by atoms with Crippen LogP contribution in [0, 0.1) is 0 Å². The van der Waals surface area contributed by atoms with E-state index in [0.29, 0.717) is 0 Å². The minimum atomic E-state index is 1.14. The molecule has 0 rings (SSSR count). The molecule has 0 unspecified atom stereocenters. The van der Waals surface area contributed by atoms with E-state index in [0.717, 1.165) is 12.8 Å².